The van der Waals surface area contributed by atoms with E-state index in [2.05, 4.69) is 10.2 Å². The number of hydrogen-bond donors (Lipinski definition) is 1. The van der Waals surface area contributed by atoms with E-state index in [0.717, 1.165) is 30.9 Å². The van der Waals surface area contributed by atoms with E-state index in [1.54, 1.807) is 13.2 Å². The van der Waals surface area contributed by atoms with Gasteiger partial charge in [0.25, 0.3) is 5.91 Å². The lowest BCUT2D eigenvalue weighted by Gasteiger charge is -2.29. The number of ether oxygens (including phenoxy) is 2. The van der Waals surface area contributed by atoms with Crippen LogP contribution in [-0.2, 0) is 15.7 Å². The SMILES string of the molecule is COc1cc(N2CCOCC2)ccc1/C=C1/C(=O)Nc2cc(C(F)(F)F)ccc21. The Morgan fingerprint density at radius 1 is 1.14 bits per heavy atom. The molecule has 8 heteroatoms. The fourth-order valence-electron chi connectivity index (χ4n) is 3.51. The molecule has 2 aromatic rings. The highest BCUT2D eigenvalue weighted by atomic mass is 19.4. The summed E-state index contributed by atoms with van der Waals surface area (Å²) >= 11 is 0. The van der Waals surface area contributed by atoms with Crippen molar-refractivity contribution in [2.45, 2.75) is 6.18 Å². The Bertz CT molecular complexity index is 980. The smallest absolute Gasteiger partial charge is 0.416 e. The first-order valence-electron chi connectivity index (χ1n) is 9.12. The summed E-state index contributed by atoms with van der Waals surface area (Å²) in [5.74, 6) is 0.133. The van der Waals surface area contributed by atoms with Crippen LogP contribution in [0.1, 0.15) is 16.7 Å². The molecule has 1 saturated heterocycles. The van der Waals surface area contributed by atoms with Crippen LogP contribution in [0.3, 0.4) is 0 Å². The van der Waals surface area contributed by atoms with Crippen molar-refractivity contribution in [1.82, 2.24) is 0 Å². The van der Waals surface area contributed by atoms with Gasteiger partial charge in [0.05, 0.1) is 25.9 Å². The maximum Gasteiger partial charge on any atom is 0.416 e. The molecule has 0 saturated carbocycles. The number of carbonyl (C=O) groups excluding carboxylic acids is 1. The van der Waals surface area contributed by atoms with Gasteiger partial charge in [-0.2, -0.15) is 13.2 Å². The summed E-state index contributed by atoms with van der Waals surface area (Å²) in [5.41, 5.74) is 1.74. The molecule has 0 bridgehead atoms. The minimum Gasteiger partial charge on any atom is -0.496 e. The Morgan fingerprint density at radius 3 is 2.59 bits per heavy atom. The van der Waals surface area contributed by atoms with Crippen LogP contribution in [0.25, 0.3) is 11.6 Å². The molecular weight excluding hydrogens is 385 g/mol. The lowest BCUT2D eigenvalue weighted by Crippen LogP contribution is -2.36. The number of amides is 1. The number of methoxy groups -OCH3 is 1. The predicted octanol–water partition coefficient (Wildman–Crippen LogP) is 4.04. The van der Waals surface area contributed by atoms with Crippen molar-refractivity contribution >= 4 is 28.9 Å². The molecule has 1 N–H and O–H groups in total. The van der Waals surface area contributed by atoms with E-state index in [-0.39, 0.29) is 5.69 Å². The predicted molar refractivity (Wildman–Crippen MR) is 104 cm³/mol. The highest BCUT2D eigenvalue weighted by Gasteiger charge is 2.33. The van der Waals surface area contributed by atoms with Crippen molar-refractivity contribution in [3.8, 4) is 5.75 Å². The van der Waals surface area contributed by atoms with Gasteiger partial charge in [0.1, 0.15) is 5.75 Å². The van der Waals surface area contributed by atoms with Crippen LogP contribution < -0.4 is 15.0 Å². The molecule has 2 aliphatic heterocycles. The van der Waals surface area contributed by atoms with E-state index < -0.39 is 17.6 Å². The maximum absolute atomic E-state index is 12.9. The first-order chi connectivity index (χ1) is 13.9. The molecule has 0 radical (unpaired) electrons. The molecule has 1 fully saturated rings. The fraction of sp³-hybridized carbons (Fsp3) is 0.286. The highest BCUT2D eigenvalue weighted by molar-refractivity contribution is 6.35. The number of nitrogens with one attached hydrogen (secondary N) is 1. The van der Waals surface area contributed by atoms with Gasteiger partial charge in [-0.15, -0.1) is 0 Å². The standard InChI is InChI=1S/C21H19F3N2O3/c1-28-19-12-15(26-6-8-29-9-7-26)4-2-13(19)10-17-16-5-3-14(21(22,23)24)11-18(16)25-20(17)27/h2-5,10-12H,6-9H2,1H3,(H,25,27)/b17-10+. The Labute approximate surface area is 165 Å². The third kappa shape index (κ3) is 3.80. The van der Waals surface area contributed by atoms with Gasteiger partial charge < -0.3 is 19.7 Å². The number of nitrogens with zero attached hydrogens (tertiary/aromatic N) is 1. The number of carbonyl (C=O) groups is 1. The third-order valence-corrected chi connectivity index (χ3v) is 5.02. The van der Waals surface area contributed by atoms with Gasteiger partial charge in [-0.25, -0.2) is 0 Å². The van der Waals surface area contributed by atoms with Gasteiger partial charge >= 0.3 is 6.18 Å². The van der Waals surface area contributed by atoms with Crippen molar-refractivity contribution in [2.24, 2.45) is 0 Å². The summed E-state index contributed by atoms with van der Waals surface area (Å²) in [7, 11) is 1.54. The van der Waals surface area contributed by atoms with Crippen LogP contribution in [-0.4, -0.2) is 39.3 Å². The van der Waals surface area contributed by atoms with Gasteiger partial charge in [-0.05, 0) is 30.3 Å². The van der Waals surface area contributed by atoms with Crippen LogP contribution in [0.4, 0.5) is 24.5 Å². The van der Waals surface area contributed by atoms with Crippen LogP contribution in [0.5, 0.6) is 5.75 Å². The second kappa shape index (κ2) is 7.44. The first kappa shape index (κ1) is 19.3. The van der Waals surface area contributed by atoms with Crippen LogP contribution in [0.2, 0.25) is 0 Å². The second-order valence-electron chi connectivity index (χ2n) is 6.80. The summed E-state index contributed by atoms with van der Waals surface area (Å²) in [6, 6.07) is 8.90. The van der Waals surface area contributed by atoms with Gasteiger partial charge in [-0.3, -0.25) is 4.79 Å². The summed E-state index contributed by atoms with van der Waals surface area (Å²) < 4.78 is 49.7. The zero-order valence-corrected chi connectivity index (χ0v) is 15.7. The molecule has 0 aromatic heterocycles. The van der Waals surface area contributed by atoms with E-state index in [1.165, 1.54) is 6.07 Å². The van der Waals surface area contributed by atoms with E-state index in [9.17, 15) is 18.0 Å². The minimum atomic E-state index is -4.47. The number of fused-ring (bicyclic) bond motifs is 1. The molecule has 2 aromatic carbocycles. The number of anilines is 2. The monoisotopic (exact) mass is 404 g/mol. The summed E-state index contributed by atoms with van der Waals surface area (Å²) in [4.78, 5) is 14.6. The quantitative estimate of drug-likeness (QED) is 0.785. The third-order valence-electron chi connectivity index (χ3n) is 5.02. The maximum atomic E-state index is 12.9. The number of benzene rings is 2. The Kier molecular flexibility index (Phi) is 4.96. The van der Waals surface area contributed by atoms with Gasteiger partial charge in [0.15, 0.2) is 0 Å². The molecule has 152 valence electrons. The molecule has 0 atom stereocenters. The average Bonchev–Trinajstić information content (AvgIpc) is 3.02. The molecule has 2 aliphatic rings. The molecular formula is C21H19F3N2O3. The zero-order chi connectivity index (χ0) is 20.6. The summed E-state index contributed by atoms with van der Waals surface area (Å²) in [5, 5.41) is 2.51. The van der Waals surface area contributed by atoms with Crippen LogP contribution in [0.15, 0.2) is 36.4 Å². The van der Waals surface area contributed by atoms with Crippen molar-refractivity contribution in [2.75, 3.05) is 43.6 Å². The molecule has 0 spiro atoms. The number of rotatable bonds is 3. The molecule has 1 amide bonds. The van der Waals surface area contributed by atoms with E-state index in [0.29, 0.717) is 35.7 Å². The van der Waals surface area contributed by atoms with Crippen molar-refractivity contribution in [1.29, 1.82) is 0 Å². The molecule has 29 heavy (non-hydrogen) atoms. The lowest BCUT2D eigenvalue weighted by atomic mass is 10.0. The number of morpholine rings is 1. The second-order valence-corrected chi connectivity index (χ2v) is 6.80. The average molecular weight is 404 g/mol. The Balaban J connectivity index is 1.68. The van der Waals surface area contributed by atoms with Gasteiger partial charge in [0.2, 0.25) is 0 Å². The van der Waals surface area contributed by atoms with E-state index >= 15 is 0 Å². The van der Waals surface area contributed by atoms with Crippen LogP contribution >= 0.6 is 0 Å². The fourth-order valence-corrected chi connectivity index (χ4v) is 3.51. The Morgan fingerprint density at radius 2 is 1.90 bits per heavy atom. The molecule has 0 unspecified atom stereocenters. The normalized spacial score (nSPS) is 18.0. The number of alkyl halides is 3. The molecule has 4 rings (SSSR count). The van der Waals surface area contributed by atoms with Crippen molar-refractivity contribution in [3.63, 3.8) is 0 Å². The minimum absolute atomic E-state index is 0.153. The highest BCUT2D eigenvalue weighted by Crippen LogP contribution is 2.39. The van der Waals surface area contributed by atoms with E-state index in [4.69, 9.17) is 9.47 Å². The van der Waals surface area contributed by atoms with Gasteiger partial charge in [-0.1, -0.05) is 6.07 Å². The molecule has 0 aliphatic carbocycles. The van der Waals surface area contributed by atoms with E-state index in [1.807, 2.05) is 18.2 Å². The zero-order valence-electron chi connectivity index (χ0n) is 15.7. The number of hydrogen-bond acceptors (Lipinski definition) is 4. The van der Waals surface area contributed by atoms with Crippen molar-refractivity contribution < 1.29 is 27.4 Å². The lowest BCUT2D eigenvalue weighted by molar-refractivity contribution is -0.137. The molecule has 2 heterocycles. The molecule has 5 nitrogen and oxygen atoms in total. The largest absolute Gasteiger partial charge is 0.496 e. The first-order valence-corrected chi connectivity index (χ1v) is 9.12. The van der Waals surface area contributed by atoms with Gasteiger partial charge in [0, 0.05) is 47.2 Å². The topological polar surface area (TPSA) is 50.8 Å². The number of halogens is 3. The van der Waals surface area contributed by atoms with Crippen LogP contribution in [0, 0.1) is 0 Å². The summed E-state index contributed by atoms with van der Waals surface area (Å²) in [6.07, 6.45) is -2.83. The summed E-state index contributed by atoms with van der Waals surface area (Å²) in [6.45, 7) is 2.87. The Hall–Kier alpha value is -3.00. The van der Waals surface area contributed by atoms with Crippen molar-refractivity contribution in [3.05, 3.63) is 53.1 Å².